The minimum Gasteiger partial charge on any atom is -0.456 e. The first-order chi connectivity index (χ1) is 13.6. The van der Waals surface area contributed by atoms with E-state index in [1.54, 1.807) is 12.1 Å². The van der Waals surface area contributed by atoms with Crippen LogP contribution in [0.15, 0.2) is 78.9 Å². The average Bonchev–Trinajstić information content (AvgIpc) is 2.72. The lowest BCUT2D eigenvalue weighted by Gasteiger charge is -2.21. The second kappa shape index (κ2) is 9.86. The number of nitrogens with one attached hydrogen (secondary N) is 1. The third kappa shape index (κ3) is 5.54. The fraction of sp³-hybridized carbons (Fsp3) is 0.240. The molecule has 0 bridgehead atoms. The van der Waals surface area contributed by atoms with Crippen LogP contribution in [0.4, 0.5) is 0 Å². The molecule has 3 aromatic carbocycles. The highest BCUT2D eigenvalue weighted by Gasteiger charge is 2.15. The topological polar surface area (TPSA) is 30.7 Å². The third-order valence-electron chi connectivity index (χ3n) is 5.10. The molecule has 0 spiro atoms. The zero-order chi connectivity index (χ0) is 19.8. The lowest BCUT2D eigenvalue weighted by molar-refractivity contribution is -0.927. The van der Waals surface area contributed by atoms with Gasteiger partial charge < -0.3 is 9.64 Å². The molecule has 3 rings (SSSR count). The minimum atomic E-state index is -0.258. The second-order valence-electron chi connectivity index (χ2n) is 7.21. The van der Waals surface area contributed by atoms with Gasteiger partial charge in [-0.25, -0.2) is 4.79 Å². The molecule has 1 N–H and O–H groups in total. The molecule has 0 fully saturated rings. The predicted octanol–water partition coefficient (Wildman–Crippen LogP) is 3.75. The number of aryl methyl sites for hydroxylation is 2. The quantitative estimate of drug-likeness (QED) is 0.609. The highest BCUT2D eigenvalue weighted by molar-refractivity contribution is 5.89. The fourth-order valence-electron chi connectivity index (χ4n) is 3.34. The first-order valence-corrected chi connectivity index (χ1v) is 9.78. The number of quaternary nitrogens is 1. The minimum absolute atomic E-state index is 0.258. The summed E-state index contributed by atoms with van der Waals surface area (Å²) in [5.41, 5.74) is 5.86. The fourth-order valence-corrected chi connectivity index (χ4v) is 3.34. The molecule has 144 valence electrons. The van der Waals surface area contributed by atoms with Gasteiger partial charge in [-0.05, 0) is 37.1 Å². The SMILES string of the molecule is Cc1ccccc1C[NH+](CCOC(=O)c1ccccc1)Cc1ccccc1C. The Hall–Kier alpha value is -2.91. The molecule has 0 heterocycles. The molecule has 0 amide bonds. The van der Waals surface area contributed by atoms with Gasteiger partial charge in [0.05, 0.1) is 5.56 Å². The Kier molecular flexibility index (Phi) is 6.99. The average molecular weight is 375 g/mol. The van der Waals surface area contributed by atoms with E-state index < -0.39 is 0 Å². The smallest absolute Gasteiger partial charge is 0.338 e. The van der Waals surface area contributed by atoms with Crippen molar-refractivity contribution in [2.45, 2.75) is 26.9 Å². The Balaban J connectivity index is 1.66. The summed E-state index contributed by atoms with van der Waals surface area (Å²) in [6, 6.07) is 26.1. The van der Waals surface area contributed by atoms with Crippen molar-refractivity contribution in [2.24, 2.45) is 0 Å². The number of benzene rings is 3. The standard InChI is InChI=1S/C25H27NO2/c1-20-10-6-8-14-23(20)18-26(19-24-15-9-7-11-21(24)2)16-17-28-25(27)22-12-4-3-5-13-22/h3-15H,16-19H2,1-2H3/p+1. The summed E-state index contributed by atoms with van der Waals surface area (Å²) in [4.78, 5) is 13.6. The number of carbonyl (C=O) groups excluding carboxylic acids is 1. The van der Waals surface area contributed by atoms with Gasteiger partial charge in [0.2, 0.25) is 0 Å². The number of hydrogen-bond donors (Lipinski definition) is 1. The zero-order valence-corrected chi connectivity index (χ0v) is 16.7. The van der Waals surface area contributed by atoms with Gasteiger partial charge in [-0.2, -0.15) is 0 Å². The highest BCUT2D eigenvalue weighted by Crippen LogP contribution is 2.08. The van der Waals surface area contributed by atoms with E-state index in [1.807, 2.05) is 18.2 Å². The molecule has 0 radical (unpaired) electrons. The number of rotatable bonds is 8. The maximum atomic E-state index is 12.2. The van der Waals surface area contributed by atoms with E-state index in [0.29, 0.717) is 12.2 Å². The molecule has 0 aliphatic carbocycles. The Morgan fingerprint density at radius 3 is 1.79 bits per heavy atom. The van der Waals surface area contributed by atoms with Crippen LogP contribution < -0.4 is 4.90 Å². The van der Waals surface area contributed by atoms with Crippen LogP contribution in [-0.4, -0.2) is 19.1 Å². The maximum absolute atomic E-state index is 12.2. The van der Waals surface area contributed by atoms with Crippen LogP contribution in [0.1, 0.15) is 32.6 Å². The van der Waals surface area contributed by atoms with Crippen LogP contribution in [0, 0.1) is 13.8 Å². The predicted molar refractivity (Wildman–Crippen MR) is 112 cm³/mol. The van der Waals surface area contributed by atoms with Crippen molar-refractivity contribution >= 4 is 5.97 Å². The summed E-state index contributed by atoms with van der Waals surface area (Å²) in [7, 11) is 0. The van der Waals surface area contributed by atoms with Crippen molar-refractivity contribution in [3.63, 3.8) is 0 Å². The van der Waals surface area contributed by atoms with E-state index in [0.717, 1.165) is 19.6 Å². The van der Waals surface area contributed by atoms with Crippen molar-refractivity contribution in [3.8, 4) is 0 Å². The summed E-state index contributed by atoms with van der Waals surface area (Å²) in [6.45, 7) is 7.28. The van der Waals surface area contributed by atoms with Crippen molar-refractivity contribution in [2.75, 3.05) is 13.2 Å². The van der Waals surface area contributed by atoms with Crippen LogP contribution in [-0.2, 0) is 17.8 Å². The summed E-state index contributed by atoms with van der Waals surface area (Å²) in [6.07, 6.45) is 0. The van der Waals surface area contributed by atoms with Crippen molar-refractivity contribution in [1.29, 1.82) is 0 Å². The number of esters is 1. The van der Waals surface area contributed by atoms with E-state index in [9.17, 15) is 4.79 Å². The molecule has 0 unspecified atom stereocenters. The lowest BCUT2D eigenvalue weighted by atomic mass is 10.1. The van der Waals surface area contributed by atoms with E-state index in [2.05, 4.69) is 62.4 Å². The zero-order valence-electron chi connectivity index (χ0n) is 16.7. The van der Waals surface area contributed by atoms with Crippen LogP contribution in [0.3, 0.4) is 0 Å². The van der Waals surface area contributed by atoms with E-state index in [4.69, 9.17) is 4.74 Å². The molecule has 3 heteroatoms. The number of carbonyl (C=O) groups is 1. The maximum Gasteiger partial charge on any atom is 0.338 e. The first kappa shape index (κ1) is 19.8. The largest absolute Gasteiger partial charge is 0.456 e. The van der Waals surface area contributed by atoms with Gasteiger partial charge in [0, 0.05) is 11.1 Å². The molecule has 0 aliphatic heterocycles. The van der Waals surface area contributed by atoms with Gasteiger partial charge >= 0.3 is 5.97 Å². The van der Waals surface area contributed by atoms with E-state index >= 15 is 0 Å². The summed E-state index contributed by atoms with van der Waals surface area (Å²) >= 11 is 0. The number of hydrogen-bond acceptors (Lipinski definition) is 2. The molecular weight excluding hydrogens is 346 g/mol. The molecule has 0 aromatic heterocycles. The van der Waals surface area contributed by atoms with E-state index in [-0.39, 0.29) is 5.97 Å². The van der Waals surface area contributed by atoms with Gasteiger partial charge in [-0.1, -0.05) is 66.7 Å². The molecule has 0 aliphatic rings. The normalized spacial score (nSPS) is 10.8. The Morgan fingerprint density at radius 1 is 0.750 bits per heavy atom. The van der Waals surface area contributed by atoms with Gasteiger partial charge in [-0.3, -0.25) is 0 Å². The third-order valence-corrected chi connectivity index (χ3v) is 5.10. The van der Waals surface area contributed by atoms with Crippen LogP contribution in [0.5, 0.6) is 0 Å². The second-order valence-corrected chi connectivity index (χ2v) is 7.21. The van der Waals surface area contributed by atoms with Gasteiger partial charge in [0.1, 0.15) is 26.2 Å². The molecule has 0 saturated heterocycles. The van der Waals surface area contributed by atoms with Crippen LogP contribution in [0.2, 0.25) is 0 Å². The van der Waals surface area contributed by atoms with Crippen molar-refractivity contribution in [3.05, 3.63) is 107 Å². The van der Waals surface area contributed by atoms with Gasteiger partial charge in [-0.15, -0.1) is 0 Å². The Bertz CT molecular complexity index is 858. The molecule has 3 aromatic rings. The summed E-state index contributed by atoms with van der Waals surface area (Å²) in [5, 5.41) is 0. The monoisotopic (exact) mass is 374 g/mol. The summed E-state index contributed by atoms with van der Waals surface area (Å²) < 4.78 is 5.53. The van der Waals surface area contributed by atoms with Crippen molar-refractivity contribution in [1.82, 2.24) is 0 Å². The molecule has 3 nitrogen and oxygen atoms in total. The Labute approximate surface area is 167 Å². The lowest BCUT2D eigenvalue weighted by Crippen LogP contribution is -3.10. The molecule has 0 atom stereocenters. The Morgan fingerprint density at radius 2 is 1.25 bits per heavy atom. The van der Waals surface area contributed by atoms with Crippen LogP contribution >= 0.6 is 0 Å². The van der Waals surface area contributed by atoms with Crippen molar-refractivity contribution < 1.29 is 14.4 Å². The number of ether oxygens (including phenoxy) is 1. The van der Waals surface area contributed by atoms with E-state index in [1.165, 1.54) is 27.2 Å². The molecular formula is C25H28NO2+. The molecule has 0 saturated carbocycles. The molecule has 28 heavy (non-hydrogen) atoms. The van der Waals surface area contributed by atoms with Gasteiger partial charge in [0.25, 0.3) is 0 Å². The first-order valence-electron chi connectivity index (χ1n) is 9.78. The highest BCUT2D eigenvalue weighted by atomic mass is 16.5. The van der Waals surface area contributed by atoms with Crippen LogP contribution in [0.25, 0.3) is 0 Å². The summed E-state index contributed by atoms with van der Waals surface area (Å²) in [5.74, 6) is -0.258. The van der Waals surface area contributed by atoms with Gasteiger partial charge in [0.15, 0.2) is 0 Å².